The number of benzene rings is 2. The predicted octanol–water partition coefficient (Wildman–Crippen LogP) is 2.21. The lowest BCUT2D eigenvalue weighted by Crippen LogP contribution is -2.19. The number of imidazole rings is 1. The number of ether oxygens (including phenoxy) is 1. The lowest BCUT2D eigenvalue weighted by atomic mass is 10.2. The Morgan fingerprint density at radius 1 is 1.09 bits per heavy atom. The number of rotatable bonds is 3. The molecule has 0 amide bonds. The highest BCUT2D eigenvalue weighted by Crippen LogP contribution is 2.29. The zero-order valence-corrected chi connectivity index (χ0v) is 12.8. The SMILES string of the molecule is COc1ccc(Nc2cc(N)cc3c2n(C)c(=O)n3C)cc1. The number of nitrogens with zero attached hydrogens (tertiary/aromatic N) is 2. The summed E-state index contributed by atoms with van der Waals surface area (Å²) in [6.07, 6.45) is 0. The van der Waals surface area contributed by atoms with Crippen LogP contribution in [0.4, 0.5) is 17.1 Å². The van der Waals surface area contributed by atoms with E-state index in [0.717, 1.165) is 28.2 Å². The molecule has 0 saturated heterocycles. The molecule has 1 aromatic heterocycles. The van der Waals surface area contributed by atoms with E-state index in [0.29, 0.717) is 5.69 Å². The van der Waals surface area contributed by atoms with E-state index in [-0.39, 0.29) is 5.69 Å². The molecule has 0 atom stereocenters. The molecule has 0 aliphatic heterocycles. The summed E-state index contributed by atoms with van der Waals surface area (Å²) < 4.78 is 8.35. The highest BCUT2D eigenvalue weighted by atomic mass is 16.5. The zero-order chi connectivity index (χ0) is 15.9. The molecule has 6 heteroatoms. The van der Waals surface area contributed by atoms with Crippen molar-refractivity contribution in [2.24, 2.45) is 14.1 Å². The minimum atomic E-state index is -0.0848. The van der Waals surface area contributed by atoms with E-state index in [2.05, 4.69) is 5.32 Å². The summed E-state index contributed by atoms with van der Waals surface area (Å²) in [6.45, 7) is 0. The third-order valence-electron chi connectivity index (χ3n) is 3.75. The standard InChI is InChI=1S/C16H18N4O2/c1-19-14-9-10(17)8-13(15(14)20(2)16(19)21)18-11-4-6-12(22-3)7-5-11/h4-9,18H,17H2,1-3H3. The molecule has 3 aromatic rings. The molecule has 0 bridgehead atoms. The Kier molecular flexibility index (Phi) is 3.29. The van der Waals surface area contributed by atoms with Gasteiger partial charge < -0.3 is 15.8 Å². The van der Waals surface area contributed by atoms with Gasteiger partial charge in [0.25, 0.3) is 0 Å². The molecule has 1 heterocycles. The van der Waals surface area contributed by atoms with Crippen molar-refractivity contribution in [3.05, 3.63) is 46.9 Å². The molecule has 0 aliphatic carbocycles. The van der Waals surface area contributed by atoms with E-state index in [4.69, 9.17) is 10.5 Å². The van der Waals surface area contributed by atoms with Crippen LogP contribution in [0.3, 0.4) is 0 Å². The molecule has 0 unspecified atom stereocenters. The van der Waals surface area contributed by atoms with Gasteiger partial charge in [-0.2, -0.15) is 0 Å². The van der Waals surface area contributed by atoms with E-state index in [1.54, 1.807) is 36.4 Å². The molecule has 3 N–H and O–H groups in total. The van der Waals surface area contributed by atoms with Gasteiger partial charge in [0.05, 0.1) is 23.8 Å². The molecule has 0 radical (unpaired) electrons. The smallest absolute Gasteiger partial charge is 0.328 e. The second-order valence-electron chi connectivity index (χ2n) is 5.19. The van der Waals surface area contributed by atoms with Crippen LogP contribution in [0.2, 0.25) is 0 Å². The third kappa shape index (κ3) is 2.18. The largest absolute Gasteiger partial charge is 0.497 e. The fourth-order valence-corrected chi connectivity index (χ4v) is 2.60. The van der Waals surface area contributed by atoms with E-state index in [1.807, 2.05) is 30.3 Å². The number of aromatic nitrogens is 2. The Morgan fingerprint density at radius 2 is 1.77 bits per heavy atom. The van der Waals surface area contributed by atoms with Gasteiger partial charge in [-0.15, -0.1) is 0 Å². The maximum Gasteiger partial charge on any atom is 0.328 e. The highest BCUT2D eigenvalue weighted by Gasteiger charge is 2.13. The Labute approximate surface area is 127 Å². The maximum absolute atomic E-state index is 12.1. The van der Waals surface area contributed by atoms with Gasteiger partial charge in [0.2, 0.25) is 0 Å². The zero-order valence-electron chi connectivity index (χ0n) is 12.8. The fourth-order valence-electron chi connectivity index (χ4n) is 2.60. The molecule has 2 aromatic carbocycles. The summed E-state index contributed by atoms with van der Waals surface area (Å²) in [5, 5.41) is 3.31. The molecular weight excluding hydrogens is 280 g/mol. The number of nitrogens with one attached hydrogen (secondary N) is 1. The summed E-state index contributed by atoms with van der Waals surface area (Å²) in [7, 11) is 5.12. The van der Waals surface area contributed by atoms with Gasteiger partial charge in [-0.05, 0) is 36.4 Å². The molecular formula is C16H18N4O2. The van der Waals surface area contributed by atoms with Crippen molar-refractivity contribution < 1.29 is 4.74 Å². The first-order chi connectivity index (χ1) is 10.5. The third-order valence-corrected chi connectivity index (χ3v) is 3.75. The van der Waals surface area contributed by atoms with Gasteiger partial charge in [-0.3, -0.25) is 9.13 Å². The van der Waals surface area contributed by atoms with Crippen molar-refractivity contribution in [1.82, 2.24) is 9.13 Å². The summed E-state index contributed by atoms with van der Waals surface area (Å²) in [5.74, 6) is 0.787. The summed E-state index contributed by atoms with van der Waals surface area (Å²) in [5.41, 5.74) is 9.78. The molecule has 0 saturated carbocycles. The van der Waals surface area contributed by atoms with Crippen LogP contribution < -0.4 is 21.5 Å². The van der Waals surface area contributed by atoms with Gasteiger partial charge in [0.15, 0.2) is 0 Å². The Bertz CT molecular complexity index is 891. The summed E-state index contributed by atoms with van der Waals surface area (Å²) >= 11 is 0. The number of hydrogen-bond acceptors (Lipinski definition) is 4. The number of fused-ring (bicyclic) bond motifs is 1. The van der Waals surface area contributed by atoms with Crippen LogP contribution in [-0.4, -0.2) is 16.2 Å². The normalized spacial score (nSPS) is 10.9. The van der Waals surface area contributed by atoms with E-state index in [1.165, 1.54) is 0 Å². The fraction of sp³-hybridized carbons (Fsp3) is 0.188. The Hall–Kier alpha value is -2.89. The average molecular weight is 298 g/mol. The van der Waals surface area contributed by atoms with Gasteiger partial charge in [-0.1, -0.05) is 0 Å². The van der Waals surface area contributed by atoms with Crippen molar-refractivity contribution in [3.63, 3.8) is 0 Å². The number of methoxy groups -OCH3 is 1. The molecule has 0 spiro atoms. The van der Waals surface area contributed by atoms with Crippen LogP contribution >= 0.6 is 0 Å². The number of nitrogen functional groups attached to an aromatic ring is 1. The van der Waals surface area contributed by atoms with Gasteiger partial charge in [0, 0.05) is 25.5 Å². The lowest BCUT2D eigenvalue weighted by Gasteiger charge is -2.11. The quantitative estimate of drug-likeness (QED) is 0.727. The molecule has 22 heavy (non-hydrogen) atoms. The van der Waals surface area contributed by atoms with Crippen LogP contribution in [0.1, 0.15) is 0 Å². The summed E-state index contributed by atoms with van der Waals surface area (Å²) in [4.78, 5) is 12.1. The monoisotopic (exact) mass is 298 g/mol. The molecule has 6 nitrogen and oxygen atoms in total. The topological polar surface area (TPSA) is 74.2 Å². The van der Waals surface area contributed by atoms with E-state index < -0.39 is 0 Å². The Morgan fingerprint density at radius 3 is 2.41 bits per heavy atom. The predicted molar refractivity (Wildman–Crippen MR) is 88.8 cm³/mol. The van der Waals surface area contributed by atoms with Crippen molar-refractivity contribution in [2.45, 2.75) is 0 Å². The lowest BCUT2D eigenvalue weighted by molar-refractivity contribution is 0.415. The van der Waals surface area contributed by atoms with Crippen molar-refractivity contribution in [1.29, 1.82) is 0 Å². The number of nitrogens with two attached hydrogens (primary N) is 1. The summed E-state index contributed by atoms with van der Waals surface area (Å²) in [6, 6.07) is 11.2. The van der Waals surface area contributed by atoms with Crippen molar-refractivity contribution in [2.75, 3.05) is 18.2 Å². The number of aryl methyl sites for hydroxylation is 2. The van der Waals surface area contributed by atoms with Gasteiger partial charge in [-0.25, -0.2) is 4.79 Å². The second kappa shape index (κ2) is 5.14. The van der Waals surface area contributed by atoms with E-state index >= 15 is 0 Å². The first-order valence-electron chi connectivity index (χ1n) is 6.87. The van der Waals surface area contributed by atoms with Crippen LogP contribution in [0.15, 0.2) is 41.2 Å². The van der Waals surface area contributed by atoms with Crippen LogP contribution in [0.5, 0.6) is 5.75 Å². The van der Waals surface area contributed by atoms with Crippen molar-refractivity contribution >= 4 is 28.1 Å². The average Bonchev–Trinajstić information content (AvgIpc) is 2.73. The van der Waals surface area contributed by atoms with E-state index in [9.17, 15) is 4.79 Å². The number of hydrogen-bond donors (Lipinski definition) is 2. The molecule has 0 fully saturated rings. The maximum atomic E-state index is 12.1. The van der Waals surface area contributed by atoms with Crippen LogP contribution in [0, 0.1) is 0 Å². The molecule has 114 valence electrons. The van der Waals surface area contributed by atoms with Crippen LogP contribution in [-0.2, 0) is 14.1 Å². The second-order valence-corrected chi connectivity index (χ2v) is 5.19. The van der Waals surface area contributed by atoms with Gasteiger partial charge in [0.1, 0.15) is 5.75 Å². The number of anilines is 3. The van der Waals surface area contributed by atoms with Gasteiger partial charge >= 0.3 is 5.69 Å². The highest BCUT2D eigenvalue weighted by molar-refractivity contribution is 5.94. The Balaban J connectivity index is 2.13. The minimum absolute atomic E-state index is 0.0848. The first-order valence-corrected chi connectivity index (χ1v) is 6.87. The molecule has 0 aliphatic rings. The van der Waals surface area contributed by atoms with Crippen LogP contribution in [0.25, 0.3) is 11.0 Å². The first kappa shape index (κ1) is 14.1. The molecule has 3 rings (SSSR count). The van der Waals surface area contributed by atoms with Crippen molar-refractivity contribution in [3.8, 4) is 5.75 Å². The minimum Gasteiger partial charge on any atom is -0.497 e.